The average molecular weight is 347 g/mol. The van der Waals surface area contributed by atoms with E-state index in [4.69, 9.17) is 4.74 Å². The molecule has 2 aromatic rings. The first-order valence-electron chi connectivity index (χ1n) is 6.78. The molecule has 1 aliphatic heterocycles. The molecule has 0 bridgehead atoms. The molecule has 0 radical (unpaired) electrons. The minimum absolute atomic E-state index is 0.0567. The summed E-state index contributed by atoms with van der Waals surface area (Å²) >= 11 is 3.39. The topological polar surface area (TPSA) is 51.2 Å². The van der Waals surface area contributed by atoms with E-state index in [1.165, 1.54) is 0 Å². The number of para-hydroxylation sites is 1. The number of halogens is 1. The molecule has 0 aliphatic carbocycles. The molecule has 21 heavy (non-hydrogen) atoms. The molecular weight excluding hydrogens is 332 g/mol. The Bertz CT molecular complexity index is 688. The number of fused-ring (bicyclic) bond motifs is 1. The van der Waals surface area contributed by atoms with Gasteiger partial charge in [-0.15, -0.1) is 0 Å². The summed E-state index contributed by atoms with van der Waals surface area (Å²) in [5.74, 6) is 1.20. The van der Waals surface area contributed by atoms with Crippen LogP contribution in [0, 0.1) is 12.8 Å². The lowest BCUT2D eigenvalue weighted by molar-refractivity contribution is -0.121. The van der Waals surface area contributed by atoms with E-state index < -0.39 is 0 Å². The lowest BCUT2D eigenvalue weighted by Gasteiger charge is -2.24. The third kappa shape index (κ3) is 3.08. The van der Waals surface area contributed by atoms with Crippen LogP contribution in [0.15, 0.2) is 40.9 Å². The summed E-state index contributed by atoms with van der Waals surface area (Å²) in [7, 11) is 0. The maximum absolute atomic E-state index is 12.3. The van der Waals surface area contributed by atoms with Crippen molar-refractivity contribution in [3.05, 3.63) is 52.1 Å². The third-order valence-corrected chi connectivity index (χ3v) is 4.36. The summed E-state index contributed by atoms with van der Waals surface area (Å²) in [6, 6.07) is 11.5. The van der Waals surface area contributed by atoms with Crippen molar-refractivity contribution >= 4 is 27.7 Å². The highest BCUT2D eigenvalue weighted by molar-refractivity contribution is 9.10. The predicted molar refractivity (Wildman–Crippen MR) is 84.4 cm³/mol. The molecule has 1 aliphatic rings. The summed E-state index contributed by atoms with van der Waals surface area (Å²) in [5.41, 5.74) is 1.92. The predicted octanol–water partition coefficient (Wildman–Crippen LogP) is 3.34. The van der Waals surface area contributed by atoms with Crippen LogP contribution in [0.5, 0.6) is 5.75 Å². The number of aromatic nitrogens is 1. The van der Waals surface area contributed by atoms with Crippen LogP contribution in [0.25, 0.3) is 0 Å². The molecule has 1 atom stereocenters. The van der Waals surface area contributed by atoms with Crippen LogP contribution in [0.4, 0.5) is 5.82 Å². The van der Waals surface area contributed by atoms with E-state index in [1.54, 1.807) is 6.07 Å². The summed E-state index contributed by atoms with van der Waals surface area (Å²) in [6.45, 7) is 2.29. The van der Waals surface area contributed by atoms with Gasteiger partial charge in [-0.05, 0) is 53.0 Å². The number of carbonyl (C=O) groups is 1. The lowest BCUT2D eigenvalue weighted by atomic mass is 9.96. The van der Waals surface area contributed by atoms with Crippen LogP contribution >= 0.6 is 15.9 Å². The zero-order chi connectivity index (χ0) is 14.8. The van der Waals surface area contributed by atoms with E-state index in [2.05, 4.69) is 26.2 Å². The van der Waals surface area contributed by atoms with Crippen molar-refractivity contribution in [3.8, 4) is 5.75 Å². The molecule has 1 N–H and O–H groups in total. The summed E-state index contributed by atoms with van der Waals surface area (Å²) in [6.07, 6.45) is 0.692. The van der Waals surface area contributed by atoms with Gasteiger partial charge in [-0.1, -0.05) is 18.2 Å². The number of hydrogen-bond donors (Lipinski definition) is 1. The Morgan fingerprint density at radius 2 is 2.14 bits per heavy atom. The molecule has 0 saturated heterocycles. The van der Waals surface area contributed by atoms with Gasteiger partial charge in [0.25, 0.3) is 0 Å². The molecule has 1 aromatic heterocycles. The molecule has 5 heteroatoms. The lowest BCUT2D eigenvalue weighted by Crippen LogP contribution is -2.32. The van der Waals surface area contributed by atoms with Crippen LogP contribution in [0.2, 0.25) is 0 Å². The highest BCUT2D eigenvalue weighted by Crippen LogP contribution is 2.27. The highest BCUT2D eigenvalue weighted by atomic mass is 79.9. The van der Waals surface area contributed by atoms with Crippen LogP contribution in [0.3, 0.4) is 0 Å². The van der Waals surface area contributed by atoms with Gasteiger partial charge >= 0.3 is 0 Å². The fraction of sp³-hybridized carbons (Fsp3) is 0.250. The van der Waals surface area contributed by atoms with Gasteiger partial charge in [-0.25, -0.2) is 4.98 Å². The fourth-order valence-corrected chi connectivity index (χ4v) is 2.56. The first-order valence-corrected chi connectivity index (χ1v) is 7.57. The normalized spacial score (nSPS) is 16.8. The van der Waals surface area contributed by atoms with Gasteiger partial charge in [0.15, 0.2) is 0 Å². The number of pyridine rings is 1. The van der Waals surface area contributed by atoms with Crippen molar-refractivity contribution in [2.75, 3.05) is 11.9 Å². The van der Waals surface area contributed by atoms with Crippen LogP contribution in [0.1, 0.15) is 11.3 Å². The summed E-state index contributed by atoms with van der Waals surface area (Å²) in [5, 5.41) is 2.86. The van der Waals surface area contributed by atoms with E-state index in [-0.39, 0.29) is 11.8 Å². The van der Waals surface area contributed by atoms with Crippen molar-refractivity contribution < 1.29 is 9.53 Å². The van der Waals surface area contributed by atoms with Gasteiger partial charge in [0.2, 0.25) is 5.91 Å². The summed E-state index contributed by atoms with van der Waals surface area (Å²) in [4.78, 5) is 16.7. The van der Waals surface area contributed by atoms with Crippen LogP contribution < -0.4 is 10.1 Å². The monoisotopic (exact) mass is 346 g/mol. The Morgan fingerprint density at radius 3 is 2.95 bits per heavy atom. The van der Waals surface area contributed by atoms with E-state index in [0.29, 0.717) is 18.8 Å². The zero-order valence-corrected chi connectivity index (χ0v) is 13.2. The second-order valence-electron chi connectivity index (χ2n) is 5.07. The Hall–Kier alpha value is -1.88. The number of rotatable bonds is 2. The number of aryl methyl sites for hydroxylation is 1. The number of carbonyl (C=O) groups excluding carboxylic acids is 1. The van der Waals surface area contributed by atoms with Crippen molar-refractivity contribution in [2.24, 2.45) is 5.92 Å². The van der Waals surface area contributed by atoms with E-state index in [0.717, 1.165) is 21.5 Å². The minimum atomic E-state index is -0.189. The number of benzene rings is 1. The van der Waals surface area contributed by atoms with Crippen molar-refractivity contribution in [2.45, 2.75) is 13.3 Å². The standard InChI is InChI=1S/C16H15BrN2O2/c1-10-13(17)6-7-15(18-10)19-16(20)12-8-11-4-2-3-5-14(11)21-9-12/h2-7,12H,8-9H2,1H3,(H,18,19,20). The Labute approximate surface area is 131 Å². The Balaban J connectivity index is 1.70. The number of hydrogen-bond acceptors (Lipinski definition) is 3. The van der Waals surface area contributed by atoms with Gasteiger partial charge in [0, 0.05) is 4.47 Å². The SMILES string of the molecule is Cc1nc(NC(=O)C2COc3ccccc3C2)ccc1Br. The quantitative estimate of drug-likeness (QED) is 0.907. The molecule has 1 unspecified atom stereocenters. The van der Waals surface area contributed by atoms with E-state index in [9.17, 15) is 4.79 Å². The molecule has 1 aromatic carbocycles. The van der Waals surface area contributed by atoms with Crippen molar-refractivity contribution in [1.29, 1.82) is 0 Å². The molecule has 0 fully saturated rings. The maximum Gasteiger partial charge on any atom is 0.232 e. The third-order valence-electron chi connectivity index (χ3n) is 3.52. The largest absolute Gasteiger partial charge is 0.492 e. The highest BCUT2D eigenvalue weighted by Gasteiger charge is 2.26. The smallest absolute Gasteiger partial charge is 0.232 e. The molecule has 108 valence electrons. The number of nitrogens with one attached hydrogen (secondary N) is 1. The maximum atomic E-state index is 12.3. The summed E-state index contributed by atoms with van der Waals surface area (Å²) < 4.78 is 6.58. The van der Waals surface area contributed by atoms with E-state index >= 15 is 0 Å². The molecule has 0 saturated carbocycles. The molecular formula is C16H15BrN2O2. The van der Waals surface area contributed by atoms with Gasteiger partial charge in [0.1, 0.15) is 18.2 Å². The van der Waals surface area contributed by atoms with Gasteiger partial charge in [-0.2, -0.15) is 0 Å². The molecule has 1 amide bonds. The minimum Gasteiger partial charge on any atom is -0.492 e. The molecule has 4 nitrogen and oxygen atoms in total. The first-order chi connectivity index (χ1) is 10.1. The van der Waals surface area contributed by atoms with Crippen molar-refractivity contribution in [1.82, 2.24) is 4.98 Å². The number of anilines is 1. The van der Waals surface area contributed by atoms with Gasteiger partial charge in [0.05, 0.1) is 11.6 Å². The molecule has 2 heterocycles. The van der Waals surface area contributed by atoms with Crippen molar-refractivity contribution in [3.63, 3.8) is 0 Å². The molecule has 0 spiro atoms. The van der Waals surface area contributed by atoms with E-state index in [1.807, 2.05) is 37.3 Å². The van der Waals surface area contributed by atoms with Gasteiger partial charge in [-0.3, -0.25) is 4.79 Å². The zero-order valence-electron chi connectivity index (χ0n) is 11.6. The second kappa shape index (κ2) is 5.85. The number of nitrogens with zero attached hydrogens (tertiary/aromatic N) is 1. The van der Waals surface area contributed by atoms with Crippen LogP contribution in [-0.4, -0.2) is 17.5 Å². The molecule has 3 rings (SSSR count). The fourth-order valence-electron chi connectivity index (χ4n) is 2.34. The first kappa shape index (κ1) is 14.1. The van der Waals surface area contributed by atoms with Gasteiger partial charge < -0.3 is 10.1 Å². The number of ether oxygens (including phenoxy) is 1. The Morgan fingerprint density at radius 1 is 1.33 bits per heavy atom. The average Bonchev–Trinajstić information content (AvgIpc) is 2.50. The van der Waals surface area contributed by atoms with Crippen LogP contribution in [-0.2, 0) is 11.2 Å². The second-order valence-corrected chi connectivity index (χ2v) is 5.93. The Kier molecular flexibility index (Phi) is 3.92. The number of amides is 1.